The highest BCUT2D eigenvalue weighted by molar-refractivity contribution is 7.98. The predicted octanol–water partition coefficient (Wildman–Crippen LogP) is 4.66. The standard InChI is InChI=1S/C31H31F3N8O2S/c1-19-27(37-18-42(19)45(2,3)44)25-14-21-15-36-30(39-23-10-8-22(9-11-23)38-24-12-13-35-16-24)40-28(21)41(29(25)43)17-20-6-4-5-7-26(20)31(32,33)34/h4-11,14-15,18,24,35,38H,2,12-13,16-17H2,1,3H3,(H,36,39,40). The number of rotatable bonds is 8. The van der Waals surface area contributed by atoms with Crippen molar-refractivity contribution in [1.29, 1.82) is 0 Å². The number of hydrogen-bond acceptors (Lipinski definition) is 8. The van der Waals surface area contributed by atoms with Crippen molar-refractivity contribution >= 4 is 43.9 Å². The Balaban J connectivity index is 1.43. The Kier molecular flexibility index (Phi) is 7.87. The summed E-state index contributed by atoms with van der Waals surface area (Å²) in [4.78, 5) is 27.4. The van der Waals surface area contributed by atoms with Gasteiger partial charge in [-0.2, -0.15) is 18.2 Å². The number of fused-ring (bicyclic) bond motifs is 1. The molecule has 3 aromatic heterocycles. The molecule has 6 rings (SSSR count). The van der Waals surface area contributed by atoms with Crippen molar-refractivity contribution in [3.05, 3.63) is 94.3 Å². The minimum Gasteiger partial charge on any atom is -0.381 e. The van der Waals surface area contributed by atoms with Gasteiger partial charge in [-0.1, -0.05) is 18.2 Å². The Morgan fingerprint density at radius 3 is 2.51 bits per heavy atom. The quantitative estimate of drug-likeness (QED) is 0.211. The van der Waals surface area contributed by atoms with E-state index in [1.54, 1.807) is 13.0 Å². The van der Waals surface area contributed by atoms with Crippen LogP contribution in [0.3, 0.4) is 0 Å². The van der Waals surface area contributed by atoms with Gasteiger partial charge in [0.1, 0.15) is 12.0 Å². The van der Waals surface area contributed by atoms with Crippen LogP contribution >= 0.6 is 0 Å². The van der Waals surface area contributed by atoms with Gasteiger partial charge in [-0.25, -0.2) is 14.2 Å². The highest BCUT2D eigenvalue weighted by Crippen LogP contribution is 2.33. The number of pyridine rings is 1. The molecule has 0 aliphatic carbocycles. The number of anilines is 3. The molecule has 0 radical (unpaired) electrons. The summed E-state index contributed by atoms with van der Waals surface area (Å²) in [6, 6.07) is 14.6. The van der Waals surface area contributed by atoms with Crippen LogP contribution in [0.25, 0.3) is 22.3 Å². The fourth-order valence-corrected chi connectivity index (χ4v) is 6.39. The molecule has 3 N–H and O–H groups in total. The van der Waals surface area contributed by atoms with Crippen LogP contribution in [-0.4, -0.2) is 59.0 Å². The minimum atomic E-state index is -4.63. The number of benzene rings is 2. The van der Waals surface area contributed by atoms with E-state index in [9.17, 15) is 22.2 Å². The lowest BCUT2D eigenvalue weighted by Gasteiger charge is -2.17. The molecule has 1 aliphatic rings. The molecule has 10 nitrogen and oxygen atoms in total. The fourth-order valence-electron chi connectivity index (χ4n) is 5.48. The van der Waals surface area contributed by atoms with E-state index in [0.717, 1.165) is 31.3 Å². The number of alkyl halides is 3. The second kappa shape index (κ2) is 11.7. The van der Waals surface area contributed by atoms with Crippen LogP contribution in [0, 0.1) is 6.92 Å². The van der Waals surface area contributed by atoms with Crippen LogP contribution in [0.5, 0.6) is 0 Å². The van der Waals surface area contributed by atoms with Gasteiger partial charge in [0.05, 0.1) is 29.1 Å². The molecule has 0 amide bonds. The maximum Gasteiger partial charge on any atom is 0.416 e. The van der Waals surface area contributed by atoms with Crippen molar-refractivity contribution in [3.8, 4) is 11.3 Å². The Labute approximate surface area is 257 Å². The van der Waals surface area contributed by atoms with Crippen molar-refractivity contribution in [3.63, 3.8) is 0 Å². The summed E-state index contributed by atoms with van der Waals surface area (Å²) in [6.45, 7) is 3.12. The van der Waals surface area contributed by atoms with Crippen molar-refractivity contribution < 1.29 is 17.4 Å². The normalized spacial score (nSPS) is 16.5. The van der Waals surface area contributed by atoms with E-state index in [0.29, 0.717) is 22.8 Å². The molecule has 4 heterocycles. The molecule has 2 aromatic carbocycles. The molecule has 2 unspecified atom stereocenters. The Morgan fingerprint density at radius 1 is 1.11 bits per heavy atom. The van der Waals surface area contributed by atoms with Gasteiger partial charge in [-0.3, -0.25) is 13.3 Å². The molecule has 1 aliphatic heterocycles. The van der Waals surface area contributed by atoms with Crippen molar-refractivity contribution in [2.45, 2.75) is 32.1 Å². The summed E-state index contributed by atoms with van der Waals surface area (Å²) in [5.74, 6) is 3.85. The van der Waals surface area contributed by atoms with Gasteiger partial charge in [0.25, 0.3) is 5.56 Å². The first-order valence-corrected chi connectivity index (χ1v) is 16.2. The molecular formula is C31H31F3N8O2S. The maximum absolute atomic E-state index is 14.1. The van der Waals surface area contributed by atoms with E-state index in [2.05, 4.69) is 36.8 Å². The van der Waals surface area contributed by atoms with E-state index >= 15 is 0 Å². The van der Waals surface area contributed by atoms with Crippen LogP contribution in [0.4, 0.5) is 30.5 Å². The zero-order chi connectivity index (χ0) is 31.9. The van der Waals surface area contributed by atoms with Crippen molar-refractivity contribution in [1.82, 2.24) is 28.8 Å². The van der Waals surface area contributed by atoms with Crippen LogP contribution in [0.15, 0.2) is 71.9 Å². The molecule has 2 atom stereocenters. The predicted molar refractivity (Wildman–Crippen MR) is 172 cm³/mol. The van der Waals surface area contributed by atoms with Crippen LogP contribution in [0.2, 0.25) is 0 Å². The zero-order valence-electron chi connectivity index (χ0n) is 24.6. The molecule has 0 spiro atoms. The second-order valence-corrected chi connectivity index (χ2v) is 13.4. The average molecular weight is 637 g/mol. The van der Waals surface area contributed by atoms with Crippen LogP contribution < -0.4 is 21.5 Å². The minimum absolute atomic E-state index is 0.101. The number of imidazole rings is 1. The summed E-state index contributed by atoms with van der Waals surface area (Å²) in [6.07, 6.45) is 0.687. The van der Waals surface area contributed by atoms with Gasteiger partial charge >= 0.3 is 6.18 Å². The highest BCUT2D eigenvalue weighted by Gasteiger charge is 2.33. The maximum atomic E-state index is 14.1. The number of hydrogen-bond donors (Lipinski definition) is 3. The number of halogens is 3. The third-order valence-corrected chi connectivity index (χ3v) is 8.89. The largest absolute Gasteiger partial charge is 0.416 e. The van der Waals surface area contributed by atoms with Crippen molar-refractivity contribution in [2.24, 2.45) is 0 Å². The molecular weight excluding hydrogens is 605 g/mol. The van der Waals surface area contributed by atoms with Gasteiger partial charge in [0.2, 0.25) is 5.95 Å². The van der Waals surface area contributed by atoms with E-state index in [4.69, 9.17) is 0 Å². The van der Waals surface area contributed by atoms with Gasteiger partial charge in [0.15, 0.2) is 0 Å². The van der Waals surface area contributed by atoms with Gasteiger partial charge in [-0.15, -0.1) is 0 Å². The highest BCUT2D eigenvalue weighted by atomic mass is 32.2. The third kappa shape index (κ3) is 6.28. The molecule has 0 saturated carbocycles. The molecule has 234 valence electrons. The topological polar surface area (TPSA) is 119 Å². The van der Waals surface area contributed by atoms with Gasteiger partial charge in [-0.05, 0) is 67.7 Å². The van der Waals surface area contributed by atoms with E-state index in [1.807, 2.05) is 24.3 Å². The Hall–Kier alpha value is -4.69. The van der Waals surface area contributed by atoms with E-state index in [-0.39, 0.29) is 28.4 Å². The van der Waals surface area contributed by atoms with E-state index in [1.165, 1.54) is 45.5 Å². The number of aromatic nitrogens is 5. The lowest BCUT2D eigenvalue weighted by Crippen LogP contribution is -2.25. The summed E-state index contributed by atoms with van der Waals surface area (Å²) < 4.78 is 57.1. The first-order valence-electron chi connectivity index (χ1n) is 14.2. The lowest BCUT2D eigenvalue weighted by atomic mass is 10.1. The second-order valence-electron chi connectivity index (χ2n) is 11.1. The smallest absolute Gasteiger partial charge is 0.381 e. The SMILES string of the molecule is C=S(C)(=O)n1cnc(-c2cc3cnc(Nc4ccc(NC5CCNC5)cc4)nc3n(Cc3ccccc3C(F)(F)F)c2=O)c1C. The summed E-state index contributed by atoms with van der Waals surface area (Å²) in [5, 5.41) is 10.3. The number of nitrogens with one attached hydrogen (secondary N) is 3. The first-order chi connectivity index (χ1) is 21.4. The molecule has 5 aromatic rings. The first kappa shape index (κ1) is 30.3. The molecule has 0 bridgehead atoms. The van der Waals surface area contributed by atoms with Crippen molar-refractivity contribution in [2.75, 3.05) is 30.0 Å². The van der Waals surface area contributed by atoms with E-state index < -0.39 is 33.6 Å². The van der Waals surface area contributed by atoms with Gasteiger partial charge < -0.3 is 16.0 Å². The summed E-state index contributed by atoms with van der Waals surface area (Å²) in [7, 11) is -2.72. The summed E-state index contributed by atoms with van der Waals surface area (Å²) in [5.41, 5.74) is 1.00. The fraction of sp³-hybridized carbons (Fsp3) is 0.258. The van der Waals surface area contributed by atoms with Crippen LogP contribution in [-0.2, 0) is 22.4 Å². The summed E-state index contributed by atoms with van der Waals surface area (Å²) >= 11 is 0. The molecule has 1 fully saturated rings. The Bertz CT molecular complexity index is 2050. The lowest BCUT2D eigenvalue weighted by molar-refractivity contribution is -0.138. The average Bonchev–Trinajstić information content (AvgIpc) is 3.65. The Morgan fingerprint density at radius 2 is 1.84 bits per heavy atom. The molecule has 1 saturated heterocycles. The molecule has 14 heteroatoms. The number of nitrogens with zero attached hydrogens (tertiary/aromatic N) is 5. The molecule has 45 heavy (non-hydrogen) atoms. The van der Waals surface area contributed by atoms with Gasteiger partial charge in [0, 0.05) is 51.5 Å². The van der Waals surface area contributed by atoms with Crippen LogP contribution in [0.1, 0.15) is 23.2 Å². The third-order valence-electron chi connectivity index (χ3n) is 7.69. The zero-order valence-corrected chi connectivity index (χ0v) is 25.4. The monoisotopic (exact) mass is 636 g/mol.